The lowest BCUT2D eigenvalue weighted by atomic mass is 10.2. The SMILES string of the molecule is Nc1ccccc1CSc1cccc(Cl)c1. The zero-order valence-corrected chi connectivity index (χ0v) is 10.3. The molecule has 0 fully saturated rings. The van der Waals surface area contributed by atoms with Crippen LogP contribution >= 0.6 is 23.4 Å². The van der Waals surface area contributed by atoms with E-state index in [1.165, 1.54) is 0 Å². The second kappa shape index (κ2) is 5.28. The minimum atomic E-state index is 0.769. The van der Waals surface area contributed by atoms with E-state index in [9.17, 15) is 0 Å². The molecule has 2 aromatic carbocycles. The second-order valence-electron chi connectivity index (χ2n) is 3.44. The molecule has 0 aliphatic carbocycles. The van der Waals surface area contributed by atoms with Crippen molar-refractivity contribution in [2.24, 2.45) is 0 Å². The molecule has 0 unspecified atom stereocenters. The zero-order chi connectivity index (χ0) is 11.4. The number of benzene rings is 2. The predicted octanol–water partition coefficient (Wildman–Crippen LogP) is 4.21. The van der Waals surface area contributed by atoms with Gasteiger partial charge in [0.1, 0.15) is 0 Å². The van der Waals surface area contributed by atoms with E-state index in [2.05, 4.69) is 6.07 Å². The molecule has 0 spiro atoms. The van der Waals surface area contributed by atoms with Crippen molar-refractivity contribution in [3.05, 3.63) is 59.1 Å². The number of rotatable bonds is 3. The number of anilines is 1. The molecule has 0 aliphatic heterocycles. The van der Waals surface area contributed by atoms with Crippen LogP contribution in [0.25, 0.3) is 0 Å². The van der Waals surface area contributed by atoms with Gasteiger partial charge in [-0.15, -0.1) is 11.8 Å². The van der Waals surface area contributed by atoms with E-state index >= 15 is 0 Å². The Balaban J connectivity index is 2.05. The Morgan fingerprint density at radius 2 is 1.88 bits per heavy atom. The lowest BCUT2D eigenvalue weighted by Gasteiger charge is -2.05. The van der Waals surface area contributed by atoms with Crippen molar-refractivity contribution < 1.29 is 0 Å². The van der Waals surface area contributed by atoms with Crippen molar-refractivity contribution >= 4 is 29.1 Å². The van der Waals surface area contributed by atoms with Crippen molar-refractivity contribution in [3.63, 3.8) is 0 Å². The van der Waals surface area contributed by atoms with Gasteiger partial charge in [0.2, 0.25) is 0 Å². The summed E-state index contributed by atoms with van der Waals surface area (Å²) in [6, 6.07) is 15.8. The maximum atomic E-state index is 5.92. The number of hydrogen-bond donors (Lipinski definition) is 1. The summed E-state index contributed by atoms with van der Waals surface area (Å²) >= 11 is 7.66. The third-order valence-corrected chi connectivity index (χ3v) is 3.52. The Hall–Kier alpha value is -1.12. The van der Waals surface area contributed by atoms with Gasteiger partial charge in [-0.25, -0.2) is 0 Å². The van der Waals surface area contributed by atoms with Gasteiger partial charge in [-0.3, -0.25) is 0 Å². The monoisotopic (exact) mass is 249 g/mol. The van der Waals surface area contributed by atoms with Crippen molar-refractivity contribution in [3.8, 4) is 0 Å². The van der Waals surface area contributed by atoms with Gasteiger partial charge in [-0.1, -0.05) is 35.9 Å². The van der Waals surface area contributed by atoms with Crippen LogP contribution in [0.2, 0.25) is 5.02 Å². The van der Waals surface area contributed by atoms with Gasteiger partial charge in [-0.05, 0) is 29.8 Å². The number of thioether (sulfide) groups is 1. The molecule has 2 N–H and O–H groups in total. The zero-order valence-electron chi connectivity index (χ0n) is 8.69. The summed E-state index contributed by atoms with van der Waals surface area (Å²) in [5.74, 6) is 0.868. The van der Waals surface area contributed by atoms with E-state index in [1.54, 1.807) is 11.8 Å². The van der Waals surface area contributed by atoms with Crippen LogP contribution in [0.15, 0.2) is 53.4 Å². The highest BCUT2D eigenvalue weighted by atomic mass is 35.5. The van der Waals surface area contributed by atoms with Crippen LogP contribution in [0.5, 0.6) is 0 Å². The number of nitrogen functional groups attached to an aromatic ring is 1. The van der Waals surface area contributed by atoms with Gasteiger partial charge < -0.3 is 5.73 Å². The number of hydrogen-bond acceptors (Lipinski definition) is 2. The molecule has 2 rings (SSSR count). The highest BCUT2D eigenvalue weighted by molar-refractivity contribution is 7.98. The molecule has 82 valence electrons. The minimum absolute atomic E-state index is 0.769. The molecule has 0 aromatic heterocycles. The topological polar surface area (TPSA) is 26.0 Å². The fourth-order valence-corrected chi connectivity index (χ4v) is 2.61. The second-order valence-corrected chi connectivity index (χ2v) is 4.93. The third kappa shape index (κ3) is 2.94. The molecule has 16 heavy (non-hydrogen) atoms. The first kappa shape index (κ1) is 11.4. The fraction of sp³-hybridized carbons (Fsp3) is 0.0769. The molecule has 3 heteroatoms. The molecule has 0 saturated carbocycles. The normalized spacial score (nSPS) is 10.3. The van der Waals surface area contributed by atoms with E-state index < -0.39 is 0 Å². The first-order valence-corrected chi connectivity index (χ1v) is 6.34. The van der Waals surface area contributed by atoms with Crippen molar-refractivity contribution in [1.82, 2.24) is 0 Å². The lowest BCUT2D eigenvalue weighted by Crippen LogP contribution is -1.91. The van der Waals surface area contributed by atoms with E-state index in [-0.39, 0.29) is 0 Å². The summed E-state index contributed by atoms with van der Waals surface area (Å²) in [7, 11) is 0. The Morgan fingerprint density at radius 3 is 2.62 bits per heavy atom. The summed E-state index contributed by atoms with van der Waals surface area (Å²) < 4.78 is 0. The van der Waals surface area contributed by atoms with Gasteiger partial charge in [0.15, 0.2) is 0 Å². The van der Waals surface area contributed by atoms with E-state index in [0.29, 0.717) is 0 Å². The fourth-order valence-electron chi connectivity index (χ4n) is 1.38. The average Bonchev–Trinajstić information content (AvgIpc) is 2.28. The molecule has 0 aliphatic rings. The highest BCUT2D eigenvalue weighted by Crippen LogP contribution is 2.26. The van der Waals surface area contributed by atoms with Crippen molar-refractivity contribution in [2.75, 3.05) is 5.73 Å². The van der Waals surface area contributed by atoms with Crippen LogP contribution < -0.4 is 5.73 Å². The Labute approximate surface area is 105 Å². The molecular formula is C13H12ClNS. The van der Waals surface area contributed by atoms with Crippen LogP contribution in [-0.4, -0.2) is 0 Å². The van der Waals surface area contributed by atoms with Crippen LogP contribution in [0.1, 0.15) is 5.56 Å². The van der Waals surface area contributed by atoms with E-state index in [0.717, 1.165) is 26.9 Å². The third-order valence-electron chi connectivity index (χ3n) is 2.25. The van der Waals surface area contributed by atoms with Gasteiger partial charge >= 0.3 is 0 Å². The molecule has 0 heterocycles. The van der Waals surface area contributed by atoms with Crippen LogP contribution in [-0.2, 0) is 5.75 Å². The van der Waals surface area contributed by atoms with Crippen molar-refractivity contribution in [1.29, 1.82) is 0 Å². The molecule has 0 radical (unpaired) electrons. The Bertz CT molecular complexity index is 485. The lowest BCUT2D eigenvalue weighted by molar-refractivity contribution is 1.38. The quantitative estimate of drug-likeness (QED) is 0.651. The first-order chi connectivity index (χ1) is 7.75. The first-order valence-electron chi connectivity index (χ1n) is 4.97. The van der Waals surface area contributed by atoms with Gasteiger partial charge in [0.05, 0.1) is 0 Å². The smallest absolute Gasteiger partial charge is 0.0417 e. The summed E-state index contributed by atoms with van der Waals surface area (Å²) in [5, 5.41) is 0.769. The number of para-hydroxylation sites is 1. The minimum Gasteiger partial charge on any atom is -0.398 e. The number of nitrogens with two attached hydrogens (primary N) is 1. The van der Waals surface area contributed by atoms with Crippen LogP contribution in [0.4, 0.5) is 5.69 Å². The Morgan fingerprint density at radius 1 is 1.06 bits per heavy atom. The maximum absolute atomic E-state index is 5.92. The molecule has 0 saturated heterocycles. The predicted molar refractivity (Wildman–Crippen MR) is 71.9 cm³/mol. The highest BCUT2D eigenvalue weighted by Gasteiger charge is 2.00. The standard InChI is InChI=1S/C13H12ClNS/c14-11-5-3-6-12(8-11)16-9-10-4-1-2-7-13(10)15/h1-8H,9,15H2. The van der Waals surface area contributed by atoms with Crippen molar-refractivity contribution in [2.45, 2.75) is 10.6 Å². The molecule has 2 aromatic rings. The molecular weight excluding hydrogens is 238 g/mol. The van der Waals surface area contributed by atoms with Gasteiger partial charge in [-0.2, -0.15) is 0 Å². The molecule has 0 amide bonds. The van der Waals surface area contributed by atoms with Gasteiger partial charge in [0, 0.05) is 21.4 Å². The molecule has 1 nitrogen and oxygen atoms in total. The number of halogens is 1. The Kier molecular flexibility index (Phi) is 3.75. The summed E-state index contributed by atoms with van der Waals surface area (Å²) in [5.41, 5.74) is 7.88. The van der Waals surface area contributed by atoms with Crippen LogP contribution in [0.3, 0.4) is 0 Å². The molecule has 0 bridgehead atoms. The van der Waals surface area contributed by atoms with E-state index in [1.807, 2.05) is 42.5 Å². The van der Waals surface area contributed by atoms with Gasteiger partial charge in [0.25, 0.3) is 0 Å². The van der Waals surface area contributed by atoms with E-state index in [4.69, 9.17) is 17.3 Å². The largest absolute Gasteiger partial charge is 0.398 e. The summed E-state index contributed by atoms with van der Waals surface area (Å²) in [6.45, 7) is 0. The molecule has 0 atom stereocenters. The van der Waals surface area contributed by atoms with Crippen LogP contribution in [0, 0.1) is 0 Å². The average molecular weight is 250 g/mol. The maximum Gasteiger partial charge on any atom is 0.0417 e. The summed E-state index contributed by atoms with van der Waals surface area (Å²) in [6.07, 6.45) is 0. The summed E-state index contributed by atoms with van der Waals surface area (Å²) in [4.78, 5) is 1.16.